The van der Waals surface area contributed by atoms with E-state index < -0.39 is 10.2 Å². The van der Waals surface area contributed by atoms with Gasteiger partial charge in [-0.25, -0.2) is 10.1 Å². The lowest BCUT2D eigenvalue weighted by Gasteiger charge is -2.28. The highest BCUT2D eigenvalue weighted by atomic mass is 32.2. The first-order valence-corrected chi connectivity index (χ1v) is 7.88. The number of nitrogens with two attached hydrogens (primary N) is 1. The molecule has 0 bridgehead atoms. The number of aromatic nitrogens is 1. The molecule has 0 saturated carbocycles. The van der Waals surface area contributed by atoms with E-state index in [1.54, 1.807) is 12.3 Å². The average Bonchev–Trinajstić information content (AvgIpc) is 2.38. The lowest BCUT2D eigenvalue weighted by Crippen LogP contribution is -2.44. The molecule has 0 unspecified atom stereocenters. The number of aryl methyl sites for hydroxylation is 1. The van der Waals surface area contributed by atoms with Gasteiger partial charge >= 0.3 is 0 Å². The largest absolute Gasteiger partial charge is 0.310 e. The minimum atomic E-state index is -3.65. The summed E-state index contributed by atoms with van der Waals surface area (Å²) in [6, 6.07) is 3.64. The fourth-order valence-corrected chi connectivity index (χ4v) is 2.93. The number of nitrogens with one attached hydrogen (secondary N) is 1. The maximum Gasteiger partial charge on any atom is 0.276 e. The minimum Gasteiger partial charge on any atom is -0.310 e. The summed E-state index contributed by atoms with van der Waals surface area (Å²) in [4.78, 5) is 16.2. The standard InChI is InChI=1S/C12H18N4O3S/c1-9-2-5-14-11(8-9)15-12(17)10-3-6-16(7-4-10)20(13,18)19/h2,5,8,10H,3-4,6-7H2,1H3,(H2,13,18,19)(H,14,15,17). The predicted octanol–water partition coefficient (Wildman–Crippen LogP) is 0.244. The lowest BCUT2D eigenvalue weighted by molar-refractivity contribution is -0.120. The number of piperidine rings is 1. The number of pyridine rings is 1. The quantitative estimate of drug-likeness (QED) is 0.834. The topological polar surface area (TPSA) is 105 Å². The summed E-state index contributed by atoms with van der Waals surface area (Å²) in [6.07, 6.45) is 2.57. The molecule has 2 rings (SSSR count). The van der Waals surface area contributed by atoms with Gasteiger partial charge in [0.25, 0.3) is 10.2 Å². The molecule has 1 amide bonds. The highest BCUT2D eigenvalue weighted by molar-refractivity contribution is 7.86. The first-order chi connectivity index (χ1) is 9.36. The molecule has 7 nitrogen and oxygen atoms in total. The van der Waals surface area contributed by atoms with Crippen molar-refractivity contribution < 1.29 is 13.2 Å². The third-order valence-corrected chi connectivity index (χ3v) is 4.44. The monoisotopic (exact) mass is 298 g/mol. The molecule has 0 aliphatic carbocycles. The van der Waals surface area contributed by atoms with E-state index in [1.807, 2.05) is 13.0 Å². The molecule has 1 fully saturated rings. The van der Waals surface area contributed by atoms with Crippen molar-refractivity contribution in [2.45, 2.75) is 19.8 Å². The number of amides is 1. The molecule has 0 atom stereocenters. The van der Waals surface area contributed by atoms with Crippen LogP contribution in [0.2, 0.25) is 0 Å². The van der Waals surface area contributed by atoms with Gasteiger partial charge in [0.1, 0.15) is 5.82 Å². The summed E-state index contributed by atoms with van der Waals surface area (Å²) in [5.74, 6) is 0.177. The Hall–Kier alpha value is -1.51. The zero-order valence-electron chi connectivity index (χ0n) is 11.2. The molecule has 0 spiro atoms. The Morgan fingerprint density at radius 3 is 2.65 bits per heavy atom. The van der Waals surface area contributed by atoms with Crippen LogP contribution in [0.3, 0.4) is 0 Å². The molecule has 1 aromatic heterocycles. The number of carbonyl (C=O) groups is 1. The van der Waals surface area contributed by atoms with Crippen LogP contribution >= 0.6 is 0 Å². The molecule has 3 N–H and O–H groups in total. The second kappa shape index (κ2) is 5.86. The van der Waals surface area contributed by atoms with Gasteiger partial charge in [-0.1, -0.05) is 0 Å². The minimum absolute atomic E-state index is 0.128. The van der Waals surface area contributed by atoms with Crippen LogP contribution in [0.15, 0.2) is 18.3 Å². The van der Waals surface area contributed by atoms with Gasteiger partial charge in [0.15, 0.2) is 0 Å². The van der Waals surface area contributed by atoms with Crippen molar-refractivity contribution in [1.29, 1.82) is 0 Å². The van der Waals surface area contributed by atoms with Gasteiger partial charge in [-0.3, -0.25) is 4.79 Å². The van der Waals surface area contributed by atoms with Crippen molar-refractivity contribution in [3.05, 3.63) is 23.9 Å². The molecular weight excluding hydrogens is 280 g/mol. The summed E-state index contributed by atoms with van der Waals surface area (Å²) in [5.41, 5.74) is 1.01. The molecule has 0 aromatic carbocycles. The molecule has 1 aromatic rings. The second-order valence-corrected chi connectivity index (χ2v) is 6.47. The number of anilines is 1. The van der Waals surface area contributed by atoms with E-state index in [0.29, 0.717) is 18.7 Å². The van der Waals surface area contributed by atoms with E-state index in [1.165, 1.54) is 4.31 Å². The number of nitrogens with zero attached hydrogens (tertiary/aromatic N) is 2. The second-order valence-electron chi connectivity index (χ2n) is 4.93. The molecule has 8 heteroatoms. The molecule has 110 valence electrons. The Morgan fingerprint density at radius 1 is 1.45 bits per heavy atom. The van der Waals surface area contributed by atoms with Gasteiger partial charge in [0.05, 0.1) is 0 Å². The molecule has 1 aliphatic rings. The third-order valence-electron chi connectivity index (χ3n) is 3.35. The van der Waals surface area contributed by atoms with Gasteiger partial charge in [-0.2, -0.15) is 12.7 Å². The van der Waals surface area contributed by atoms with E-state index in [0.717, 1.165) is 5.56 Å². The first kappa shape index (κ1) is 14.9. The van der Waals surface area contributed by atoms with Gasteiger partial charge in [-0.05, 0) is 37.5 Å². The van der Waals surface area contributed by atoms with Crippen molar-refractivity contribution in [2.24, 2.45) is 11.1 Å². The first-order valence-electron chi connectivity index (χ1n) is 6.37. The molecule has 2 heterocycles. The van der Waals surface area contributed by atoms with Crippen LogP contribution in [0.1, 0.15) is 18.4 Å². The van der Waals surface area contributed by atoms with E-state index in [4.69, 9.17) is 5.14 Å². The van der Waals surface area contributed by atoms with Crippen molar-refractivity contribution >= 4 is 21.9 Å². The fraction of sp³-hybridized carbons (Fsp3) is 0.500. The Bertz CT molecular complexity index is 594. The SMILES string of the molecule is Cc1ccnc(NC(=O)C2CCN(S(N)(=O)=O)CC2)c1. The Labute approximate surface area is 118 Å². The van der Waals surface area contributed by atoms with E-state index >= 15 is 0 Å². The third kappa shape index (κ3) is 3.75. The maximum atomic E-state index is 12.1. The van der Waals surface area contributed by atoms with E-state index in [9.17, 15) is 13.2 Å². The number of hydrogen-bond donors (Lipinski definition) is 2. The summed E-state index contributed by atoms with van der Waals surface area (Å²) in [6.45, 7) is 2.47. The maximum absolute atomic E-state index is 12.1. The average molecular weight is 298 g/mol. The number of hydrogen-bond acceptors (Lipinski definition) is 4. The van der Waals surface area contributed by atoms with Crippen LogP contribution in [0.4, 0.5) is 5.82 Å². The van der Waals surface area contributed by atoms with E-state index in [-0.39, 0.29) is 24.9 Å². The highest BCUT2D eigenvalue weighted by Gasteiger charge is 2.29. The zero-order valence-corrected chi connectivity index (χ0v) is 12.1. The van der Waals surface area contributed by atoms with Crippen molar-refractivity contribution in [3.63, 3.8) is 0 Å². The molecule has 20 heavy (non-hydrogen) atoms. The Balaban J connectivity index is 1.92. The number of carbonyl (C=O) groups excluding carboxylic acids is 1. The Kier molecular flexibility index (Phi) is 4.36. The van der Waals surface area contributed by atoms with Crippen LogP contribution < -0.4 is 10.5 Å². The van der Waals surface area contributed by atoms with Crippen LogP contribution in [0, 0.1) is 12.8 Å². The zero-order chi connectivity index (χ0) is 14.8. The number of rotatable bonds is 3. The summed E-state index contributed by atoms with van der Waals surface area (Å²) < 4.78 is 23.6. The molecule has 1 saturated heterocycles. The summed E-state index contributed by atoms with van der Waals surface area (Å²) >= 11 is 0. The smallest absolute Gasteiger partial charge is 0.276 e. The molecular formula is C12H18N4O3S. The lowest BCUT2D eigenvalue weighted by atomic mass is 9.97. The van der Waals surface area contributed by atoms with Gasteiger partial charge < -0.3 is 5.32 Å². The van der Waals surface area contributed by atoms with Crippen molar-refractivity contribution in [2.75, 3.05) is 18.4 Å². The van der Waals surface area contributed by atoms with Gasteiger partial charge in [0, 0.05) is 25.2 Å². The Morgan fingerprint density at radius 2 is 2.10 bits per heavy atom. The molecule has 1 aliphatic heterocycles. The summed E-state index contributed by atoms with van der Waals surface area (Å²) in [5, 5.41) is 7.82. The van der Waals surface area contributed by atoms with Crippen molar-refractivity contribution in [3.8, 4) is 0 Å². The highest BCUT2D eigenvalue weighted by Crippen LogP contribution is 2.20. The van der Waals surface area contributed by atoms with Crippen LogP contribution in [0.25, 0.3) is 0 Å². The predicted molar refractivity (Wildman–Crippen MR) is 75.0 cm³/mol. The fourth-order valence-electron chi connectivity index (χ4n) is 2.21. The van der Waals surface area contributed by atoms with Crippen LogP contribution in [-0.4, -0.2) is 36.7 Å². The van der Waals surface area contributed by atoms with Gasteiger partial charge in [-0.15, -0.1) is 0 Å². The van der Waals surface area contributed by atoms with Gasteiger partial charge in [0.2, 0.25) is 5.91 Å². The normalized spacial score (nSPS) is 17.9. The summed E-state index contributed by atoms with van der Waals surface area (Å²) in [7, 11) is -3.65. The van der Waals surface area contributed by atoms with E-state index in [2.05, 4.69) is 10.3 Å². The van der Waals surface area contributed by atoms with Crippen LogP contribution in [0.5, 0.6) is 0 Å². The van der Waals surface area contributed by atoms with Crippen LogP contribution in [-0.2, 0) is 15.0 Å². The molecule has 0 radical (unpaired) electrons. The van der Waals surface area contributed by atoms with Crippen molar-refractivity contribution in [1.82, 2.24) is 9.29 Å².